The lowest BCUT2D eigenvalue weighted by Gasteiger charge is -2.13. The zero-order chi connectivity index (χ0) is 13.7. The average Bonchev–Trinajstić information content (AvgIpc) is 2.78. The molecule has 0 saturated carbocycles. The molecule has 4 nitrogen and oxygen atoms in total. The lowest BCUT2D eigenvalue weighted by molar-refractivity contribution is 0.541. The third-order valence-electron chi connectivity index (χ3n) is 2.94. The minimum absolute atomic E-state index is 0.189. The van der Waals surface area contributed by atoms with Crippen LogP contribution >= 0.6 is 0 Å². The molecule has 1 N–H and O–H groups in total. The van der Waals surface area contributed by atoms with Crippen LogP contribution in [0.5, 0.6) is 0 Å². The van der Waals surface area contributed by atoms with Crippen LogP contribution in [0.3, 0.4) is 0 Å². The van der Waals surface area contributed by atoms with Crippen LogP contribution < -0.4 is 5.32 Å². The molecule has 0 fully saturated rings. The second-order valence-electron chi connectivity index (χ2n) is 4.77. The number of nitrogens with zero attached hydrogens (tertiary/aromatic N) is 3. The van der Waals surface area contributed by atoms with E-state index in [4.69, 9.17) is 0 Å². The van der Waals surface area contributed by atoms with Gasteiger partial charge in [-0.1, -0.05) is 12.1 Å². The summed E-state index contributed by atoms with van der Waals surface area (Å²) in [6.45, 7) is 2.96. The molecule has 0 radical (unpaired) electrons. The molecule has 0 spiro atoms. The minimum Gasteiger partial charge on any atom is -0.313 e. The first-order chi connectivity index (χ1) is 9.13. The van der Waals surface area contributed by atoms with Crippen LogP contribution in [-0.4, -0.2) is 27.4 Å². The molecule has 102 valence electrons. The molecule has 0 bridgehead atoms. The Bertz CT molecular complexity index is 506. The Labute approximate surface area is 112 Å². The van der Waals surface area contributed by atoms with Crippen molar-refractivity contribution in [3.05, 3.63) is 47.8 Å². The summed E-state index contributed by atoms with van der Waals surface area (Å²) in [7, 11) is 1.86. The smallest absolute Gasteiger partial charge is 0.151 e. The van der Waals surface area contributed by atoms with E-state index in [2.05, 4.69) is 22.3 Å². The number of nitrogens with one attached hydrogen (secondary N) is 1. The van der Waals surface area contributed by atoms with Gasteiger partial charge >= 0.3 is 0 Å². The summed E-state index contributed by atoms with van der Waals surface area (Å²) in [5.41, 5.74) is 1.14. The molecule has 1 atom stereocenters. The van der Waals surface area contributed by atoms with Gasteiger partial charge in [-0.05, 0) is 31.0 Å². The van der Waals surface area contributed by atoms with Gasteiger partial charge in [0.05, 0.1) is 0 Å². The van der Waals surface area contributed by atoms with Crippen LogP contribution in [0.4, 0.5) is 4.39 Å². The molecule has 19 heavy (non-hydrogen) atoms. The average molecular weight is 262 g/mol. The van der Waals surface area contributed by atoms with Crippen molar-refractivity contribution in [2.45, 2.75) is 25.8 Å². The Hall–Kier alpha value is -1.75. The zero-order valence-corrected chi connectivity index (χ0v) is 11.3. The summed E-state index contributed by atoms with van der Waals surface area (Å²) in [6, 6.07) is 7.00. The normalized spacial score (nSPS) is 12.6. The van der Waals surface area contributed by atoms with Gasteiger partial charge in [-0.2, -0.15) is 5.10 Å². The molecule has 1 aromatic carbocycles. The van der Waals surface area contributed by atoms with Gasteiger partial charge in [0.15, 0.2) is 5.82 Å². The highest BCUT2D eigenvalue weighted by Crippen LogP contribution is 2.05. The van der Waals surface area contributed by atoms with E-state index in [1.54, 1.807) is 11.0 Å². The Morgan fingerprint density at radius 3 is 2.68 bits per heavy atom. The third kappa shape index (κ3) is 4.44. The van der Waals surface area contributed by atoms with E-state index in [9.17, 15) is 4.39 Å². The molecule has 1 unspecified atom stereocenters. The zero-order valence-electron chi connectivity index (χ0n) is 11.3. The molecule has 1 aromatic heterocycles. The fourth-order valence-corrected chi connectivity index (χ4v) is 1.98. The molecule has 0 aliphatic rings. The Morgan fingerprint density at radius 2 is 2.05 bits per heavy atom. The number of aromatic nitrogens is 3. The molecular formula is C14H19FN4. The summed E-state index contributed by atoms with van der Waals surface area (Å²) in [4.78, 5) is 4.18. The predicted octanol–water partition coefficient (Wildman–Crippen LogP) is 1.72. The number of hydrogen-bond donors (Lipinski definition) is 1. The van der Waals surface area contributed by atoms with Crippen LogP contribution in [0.2, 0.25) is 0 Å². The first-order valence-electron chi connectivity index (χ1n) is 6.46. The maximum Gasteiger partial charge on any atom is 0.151 e. The van der Waals surface area contributed by atoms with Crippen LogP contribution in [0.1, 0.15) is 18.3 Å². The van der Waals surface area contributed by atoms with E-state index in [1.165, 1.54) is 12.1 Å². The van der Waals surface area contributed by atoms with Crippen molar-refractivity contribution in [2.75, 3.05) is 6.54 Å². The Balaban J connectivity index is 1.72. The van der Waals surface area contributed by atoms with Crippen LogP contribution in [-0.2, 0) is 19.9 Å². The fourth-order valence-electron chi connectivity index (χ4n) is 1.98. The van der Waals surface area contributed by atoms with Gasteiger partial charge in [-0.25, -0.2) is 9.37 Å². The van der Waals surface area contributed by atoms with E-state index in [0.29, 0.717) is 6.04 Å². The summed E-state index contributed by atoms with van der Waals surface area (Å²) in [6.07, 6.45) is 3.40. The summed E-state index contributed by atoms with van der Waals surface area (Å²) in [5, 5.41) is 7.65. The Kier molecular flexibility index (Phi) is 4.63. The van der Waals surface area contributed by atoms with Crippen molar-refractivity contribution < 1.29 is 4.39 Å². The third-order valence-corrected chi connectivity index (χ3v) is 2.94. The minimum atomic E-state index is -0.189. The summed E-state index contributed by atoms with van der Waals surface area (Å²) < 4.78 is 14.5. The highest BCUT2D eigenvalue weighted by molar-refractivity contribution is 5.16. The molecule has 2 aromatic rings. The summed E-state index contributed by atoms with van der Waals surface area (Å²) >= 11 is 0. The molecule has 2 rings (SSSR count). The van der Waals surface area contributed by atoms with E-state index in [0.717, 1.165) is 30.8 Å². The van der Waals surface area contributed by atoms with E-state index >= 15 is 0 Å². The van der Waals surface area contributed by atoms with E-state index in [1.807, 2.05) is 19.2 Å². The fraction of sp³-hybridized carbons (Fsp3) is 0.429. The lowest BCUT2D eigenvalue weighted by Crippen LogP contribution is -2.30. The topological polar surface area (TPSA) is 42.7 Å². The van der Waals surface area contributed by atoms with Gasteiger partial charge in [0.25, 0.3) is 0 Å². The number of hydrogen-bond acceptors (Lipinski definition) is 3. The monoisotopic (exact) mass is 262 g/mol. The van der Waals surface area contributed by atoms with Crippen molar-refractivity contribution in [3.8, 4) is 0 Å². The molecule has 5 heteroatoms. The van der Waals surface area contributed by atoms with Gasteiger partial charge in [-0.3, -0.25) is 4.68 Å². The maximum absolute atomic E-state index is 12.8. The highest BCUT2D eigenvalue weighted by atomic mass is 19.1. The SMILES string of the molecule is CC(Cc1ccc(F)cc1)NCCc1ncn(C)n1. The van der Waals surface area contributed by atoms with Crippen molar-refractivity contribution in [1.29, 1.82) is 0 Å². The molecular weight excluding hydrogens is 243 g/mol. The highest BCUT2D eigenvalue weighted by Gasteiger charge is 2.04. The van der Waals surface area contributed by atoms with E-state index < -0.39 is 0 Å². The Morgan fingerprint density at radius 1 is 1.32 bits per heavy atom. The quantitative estimate of drug-likeness (QED) is 0.862. The van der Waals surface area contributed by atoms with Crippen LogP contribution in [0.15, 0.2) is 30.6 Å². The van der Waals surface area contributed by atoms with Crippen LogP contribution in [0, 0.1) is 5.82 Å². The van der Waals surface area contributed by atoms with Gasteiger partial charge in [0.2, 0.25) is 0 Å². The van der Waals surface area contributed by atoms with Gasteiger partial charge < -0.3 is 5.32 Å². The van der Waals surface area contributed by atoms with E-state index in [-0.39, 0.29) is 5.82 Å². The van der Waals surface area contributed by atoms with Crippen molar-refractivity contribution in [2.24, 2.45) is 7.05 Å². The summed E-state index contributed by atoms with van der Waals surface area (Å²) in [5.74, 6) is 0.662. The predicted molar refractivity (Wildman–Crippen MR) is 72.3 cm³/mol. The first-order valence-corrected chi connectivity index (χ1v) is 6.46. The number of benzene rings is 1. The molecule has 0 aliphatic carbocycles. The molecule has 0 saturated heterocycles. The second kappa shape index (κ2) is 6.43. The van der Waals surface area contributed by atoms with Crippen molar-refractivity contribution >= 4 is 0 Å². The standard InChI is InChI=1S/C14H19FN4/c1-11(9-12-3-5-13(15)6-4-12)16-8-7-14-17-10-19(2)18-14/h3-6,10-11,16H,7-9H2,1-2H3. The molecule has 0 aliphatic heterocycles. The molecule has 0 amide bonds. The lowest BCUT2D eigenvalue weighted by atomic mass is 10.1. The number of rotatable bonds is 6. The second-order valence-corrected chi connectivity index (χ2v) is 4.77. The van der Waals surface area contributed by atoms with Gasteiger partial charge in [-0.15, -0.1) is 0 Å². The van der Waals surface area contributed by atoms with Gasteiger partial charge in [0, 0.05) is 26.1 Å². The van der Waals surface area contributed by atoms with Gasteiger partial charge in [0.1, 0.15) is 12.1 Å². The van der Waals surface area contributed by atoms with Crippen molar-refractivity contribution in [1.82, 2.24) is 20.1 Å². The number of halogens is 1. The largest absolute Gasteiger partial charge is 0.313 e. The molecule has 1 heterocycles. The van der Waals surface area contributed by atoms with Crippen LogP contribution in [0.25, 0.3) is 0 Å². The first kappa shape index (κ1) is 13.7. The van der Waals surface area contributed by atoms with Crippen molar-refractivity contribution in [3.63, 3.8) is 0 Å². The maximum atomic E-state index is 12.8. The number of aryl methyl sites for hydroxylation is 1.